The van der Waals surface area contributed by atoms with Gasteiger partial charge in [0.05, 0.1) is 0 Å². The van der Waals surface area contributed by atoms with Crippen LogP contribution in [0.2, 0.25) is 5.02 Å². The van der Waals surface area contributed by atoms with E-state index in [1.165, 1.54) is 0 Å². The minimum Gasteiger partial charge on any atom is -0.300 e. The average Bonchev–Trinajstić information content (AvgIpc) is 2.86. The van der Waals surface area contributed by atoms with Gasteiger partial charge in [0.15, 0.2) is 5.69 Å². The third-order valence-corrected chi connectivity index (χ3v) is 3.61. The molecule has 2 aromatic heterocycles. The number of alkyl halides is 6. The number of nitrogens with one attached hydrogen (secondary N) is 1. The highest BCUT2D eigenvalue weighted by Gasteiger charge is 2.38. The second-order valence-electron chi connectivity index (χ2n) is 4.00. The van der Waals surface area contributed by atoms with E-state index in [9.17, 15) is 31.1 Å². The largest absolute Gasteiger partial charge is 0.445 e. The van der Waals surface area contributed by atoms with E-state index < -0.39 is 44.7 Å². The van der Waals surface area contributed by atoms with Crippen LogP contribution in [0.4, 0.5) is 37.4 Å². The predicted molar refractivity (Wildman–Crippen MR) is 67.7 cm³/mol. The summed E-state index contributed by atoms with van der Waals surface area (Å²) in [5, 5.41) is 5.10. The summed E-state index contributed by atoms with van der Waals surface area (Å²) in [6.45, 7) is 0. The molecular weight excluding hydrogens is 376 g/mol. The Balaban J connectivity index is 2.46. The van der Waals surface area contributed by atoms with E-state index in [0.29, 0.717) is 4.57 Å². The van der Waals surface area contributed by atoms with Crippen LogP contribution in [-0.4, -0.2) is 19.7 Å². The second kappa shape index (κ2) is 5.63. The number of rotatable bonds is 2. The molecule has 0 aliphatic rings. The molecule has 0 spiro atoms. The van der Waals surface area contributed by atoms with E-state index in [0.717, 1.165) is 7.05 Å². The van der Waals surface area contributed by atoms with Gasteiger partial charge in [-0.3, -0.25) is 14.7 Å². The first-order chi connectivity index (χ1) is 10.4. The molecule has 0 amide bonds. The summed E-state index contributed by atoms with van der Waals surface area (Å²) in [4.78, 5) is 14.8. The fourth-order valence-electron chi connectivity index (χ4n) is 1.36. The summed E-state index contributed by atoms with van der Waals surface area (Å²) in [7, 11) is 1.04. The summed E-state index contributed by atoms with van der Waals surface area (Å²) >= 11 is 5.34. The first kappa shape index (κ1) is 17.5. The predicted octanol–water partition coefficient (Wildman–Crippen LogP) is 3.07. The maximum atomic E-state index is 12.7. The Labute approximate surface area is 131 Å². The number of nitrogens with zero attached hydrogens (tertiary/aromatic N) is 4. The van der Waals surface area contributed by atoms with Crippen LogP contribution in [0.5, 0.6) is 0 Å². The van der Waals surface area contributed by atoms with Gasteiger partial charge in [-0.2, -0.15) is 26.3 Å². The van der Waals surface area contributed by atoms with Crippen molar-refractivity contribution in [3.8, 4) is 0 Å². The Hall–Kier alpha value is -1.89. The van der Waals surface area contributed by atoms with Crippen LogP contribution in [-0.2, 0) is 19.4 Å². The maximum absolute atomic E-state index is 12.7. The molecule has 14 heteroatoms. The highest BCUT2D eigenvalue weighted by molar-refractivity contribution is 7.15. The lowest BCUT2D eigenvalue weighted by atomic mass is 10.4. The Bertz CT molecular complexity index is 797. The Morgan fingerprint density at radius 3 is 2.22 bits per heavy atom. The van der Waals surface area contributed by atoms with Crippen molar-refractivity contribution < 1.29 is 26.3 Å². The molecule has 2 heterocycles. The molecule has 2 rings (SSSR count). The van der Waals surface area contributed by atoms with Crippen LogP contribution in [0.25, 0.3) is 0 Å². The van der Waals surface area contributed by atoms with Crippen LogP contribution >= 0.6 is 22.9 Å². The molecule has 0 unspecified atom stereocenters. The van der Waals surface area contributed by atoms with E-state index in [1.807, 2.05) is 0 Å². The fourth-order valence-corrected chi connectivity index (χ4v) is 2.24. The van der Waals surface area contributed by atoms with Crippen molar-refractivity contribution in [1.29, 1.82) is 0 Å². The Morgan fingerprint density at radius 2 is 1.74 bits per heavy atom. The minimum absolute atomic E-state index is 0.0388. The lowest BCUT2D eigenvalue weighted by Crippen LogP contribution is -2.26. The van der Waals surface area contributed by atoms with Crippen molar-refractivity contribution in [3.63, 3.8) is 0 Å². The number of anilines is 2. The number of aromatic nitrogens is 4. The molecule has 0 radical (unpaired) electrons. The zero-order valence-corrected chi connectivity index (χ0v) is 12.3. The third-order valence-electron chi connectivity index (χ3n) is 2.39. The van der Waals surface area contributed by atoms with E-state index >= 15 is 0 Å². The molecule has 1 N–H and O–H groups in total. The maximum Gasteiger partial charge on any atom is 0.445 e. The molecule has 0 aliphatic heterocycles. The topological polar surface area (TPSA) is 72.7 Å². The molecule has 0 fully saturated rings. The van der Waals surface area contributed by atoms with Crippen molar-refractivity contribution in [2.75, 3.05) is 5.32 Å². The zero-order chi connectivity index (χ0) is 17.6. The summed E-state index contributed by atoms with van der Waals surface area (Å²) in [6, 6.07) is 0. The van der Waals surface area contributed by atoms with Crippen molar-refractivity contribution in [1.82, 2.24) is 19.7 Å². The number of halogens is 7. The van der Waals surface area contributed by atoms with Gasteiger partial charge < -0.3 is 0 Å². The smallest absolute Gasteiger partial charge is 0.300 e. The third kappa shape index (κ3) is 3.55. The van der Waals surface area contributed by atoms with Crippen molar-refractivity contribution >= 4 is 34.0 Å². The molecule has 126 valence electrons. The zero-order valence-electron chi connectivity index (χ0n) is 10.8. The monoisotopic (exact) mass is 379 g/mol. The van der Waals surface area contributed by atoms with Crippen molar-refractivity contribution in [3.05, 3.63) is 26.1 Å². The summed E-state index contributed by atoms with van der Waals surface area (Å²) in [5.74, 6) is -0.684. The average molecular weight is 380 g/mol. The Kier molecular flexibility index (Phi) is 4.28. The van der Waals surface area contributed by atoms with Gasteiger partial charge in [-0.25, -0.2) is 4.98 Å². The van der Waals surface area contributed by atoms with E-state index in [1.54, 1.807) is 0 Å². The van der Waals surface area contributed by atoms with Crippen LogP contribution < -0.4 is 10.9 Å². The second-order valence-corrected chi connectivity index (χ2v) is 5.35. The molecular formula is C9H4ClF6N5OS. The van der Waals surface area contributed by atoms with Crippen molar-refractivity contribution in [2.45, 2.75) is 12.4 Å². The van der Waals surface area contributed by atoms with Crippen molar-refractivity contribution in [2.24, 2.45) is 7.05 Å². The molecule has 0 atom stereocenters. The van der Waals surface area contributed by atoms with Gasteiger partial charge in [-0.1, -0.05) is 22.9 Å². The number of hydrogen-bond donors (Lipinski definition) is 1. The highest BCUT2D eigenvalue weighted by atomic mass is 35.5. The lowest BCUT2D eigenvalue weighted by molar-refractivity contribution is -0.141. The fraction of sp³-hybridized carbons (Fsp3) is 0.333. The molecule has 0 aromatic carbocycles. The summed E-state index contributed by atoms with van der Waals surface area (Å²) in [6.07, 6.45) is -9.77. The standard InChI is InChI=1S/C9H4ClF6N5OS/c1-21-4(22)2(10)3(8(11,12)13)17-6(21)18-7-20-19-5(23-7)9(14,15)16/h1H3,(H,17,18,20). The lowest BCUT2D eigenvalue weighted by Gasteiger charge is -2.12. The van der Waals surface area contributed by atoms with Crippen LogP contribution in [0.3, 0.4) is 0 Å². The van der Waals surface area contributed by atoms with Gasteiger partial charge in [0, 0.05) is 7.05 Å². The minimum atomic E-state index is -5.01. The molecule has 0 bridgehead atoms. The van der Waals surface area contributed by atoms with Gasteiger partial charge in [0.25, 0.3) is 5.56 Å². The molecule has 0 aliphatic carbocycles. The first-order valence-electron chi connectivity index (χ1n) is 5.42. The van der Waals surface area contributed by atoms with Crippen LogP contribution in [0, 0.1) is 0 Å². The van der Waals surface area contributed by atoms with Gasteiger partial charge in [0.2, 0.25) is 16.1 Å². The van der Waals surface area contributed by atoms with Crippen LogP contribution in [0.1, 0.15) is 10.7 Å². The van der Waals surface area contributed by atoms with Gasteiger partial charge in [-0.05, 0) is 0 Å². The highest BCUT2D eigenvalue weighted by Crippen LogP contribution is 2.35. The molecule has 0 saturated heterocycles. The van der Waals surface area contributed by atoms with Gasteiger partial charge in [0.1, 0.15) is 5.02 Å². The molecule has 2 aromatic rings. The molecule has 6 nitrogen and oxygen atoms in total. The SMILES string of the molecule is Cn1c(Nc2nnc(C(F)(F)F)s2)nc(C(F)(F)F)c(Cl)c1=O. The molecule has 0 saturated carbocycles. The van der Waals surface area contributed by atoms with E-state index in [-0.39, 0.29) is 11.3 Å². The van der Waals surface area contributed by atoms with Gasteiger partial charge >= 0.3 is 12.4 Å². The van der Waals surface area contributed by atoms with E-state index in [4.69, 9.17) is 11.6 Å². The Morgan fingerprint density at radius 1 is 1.13 bits per heavy atom. The summed E-state index contributed by atoms with van der Waals surface area (Å²) < 4.78 is 76.0. The summed E-state index contributed by atoms with van der Waals surface area (Å²) in [5.41, 5.74) is -2.89. The van der Waals surface area contributed by atoms with E-state index in [2.05, 4.69) is 20.5 Å². The molecule has 23 heavy (non-hydrogen) atoms. The normalized spacial score (nSPS) is 12.5. The number of hydrogen-bond acceptors (Lipinski definition) is 6. The first-order valence-corrected chi connectivity index (χ1v) is 6.62. The van der Waals surface area contributed by atoms with Gasteiger partial charge in [-0.15, -0.1) is 10.2 Å². The quantitative estimate of drug-likeness (QED) is 0.812. The van der Waals surface area contributed by atoms with Crippen LogP contribution in [0.15, 0.2) is 4.79 Å².